The van der Waals surface area contributed by atoms with Gasteiger partial charge in [-0.3, -0.25) is 4.79 Å². The molecule has 5 nitrogen and oxygen atoms in total. The van der Waals surface area contributed by atoms with Crippen LogP contribution >= 0.6 is 0 Å². The fraction of sp³-hybridized carbons (Fsp3) is 0.235. The molecule has 0 aliphatic heterocycles. The number of carbonyl (C=O) groups excluding carboxylic acids is 1. The highest BCUT2D eigenvalue weighted by Gasteiger charge is 2.30. The van der Waals surface area contributed by atoms with Gasteiger partial charge in [-0.05, 0) is 36.2 Å². The predicted octanol–water partition coefficient (Wildman–Crippen LogP) is 4.29. The Morgan fingerprint density at radius 3 is 2.44 bits per heavy atom. The van der Waals surface area contributed by atoms with E-state index in [0.29, 0.717) is 11.3 Å². The minimum atomic E-state index is -4.72. The van der Waals surface area contributed by atoms with E-state index in [4.69, 9.17) is 0 Å². The van der Waals surface area contributed by atoms with Gasteiger partial charge in [0.1, 0.15) is 12.3 Å². The minimum Gasteiger partial charge on any atom is -0.406 e. The fourth-order valence-corrected chi connectivity index (χ4v) is 1.92. The summed E-state index contributed by atoms with van der Waals surface area (Å²) in [5.41, 5.74) is 2.28. The van der Waals surface area contributed by atoms with Gasteiger partial charge in [-0.15, -0.1) is 13.2 Å². The van der Waals surface area contributed by atoms with E-state index >= 15 is 0 Å². The Hall–Kier alpha value is -2.90. The molecule has 0 aliphatic carbocycles. The summed E-state index contributed by atoms with van der Waals surface area (Å²) in [4.78, 5) is 11.7. The van der Waals surface area contributed by atoms with Gasteiger partial charge in [0.25, 0.3) is 0 Å². The Balaban J connectivity index is 1.79. The largest absolute Gasteiger partial charge is 0.573 e. The average Bonchev–Trinajstić information content (AvgIpc) is 2.54. The first kappa shape index (κ1) is 18.4. The van der Waals surface area contributed by atoms with Crippen molar-refractivity contribution in [2.24, 2.45) is 10.2 Å². The highest BCUT2D eigenvalue weighted by Crippen LogP contribution is 2.22. The first-order valence-corrected chi connectivity index (χ1v) is 7.38. The van der Waals surface area contributed by atoms with E-state index in [1.807, 2.05) is 25.1 Å². The van der Waals surface area contributed by atoms with E-state index in [1.54, 1.807) is 6.07 Å². The van der Waals surface area contributed by atoms with E-state index in [9.17, 15) is 18.0 Å². The van der Waals surface area contributed by atoms with Crippen LogP contribution in [0.15, 0.2) is 58.8 Å². The summed E-state index contributed by atoms with van der Waals surface area (Å²) in [6.45, 7) is 1.93. The van der Waals surface area contributed by atoms with Crippen LogP contribution in [0.2, 0.25) is 0 Å². The van der Waals surface area contributed by atoms with Gasteiger partial charge in [-0.1, -0.05) is 30.3 Å². The normalized spacial score (nSPS) is 11.5. The third kappa shape index (κ3) is 6.62. The summed E-state index contributed by atoms with van der Waals surface area (Å²) in [7, 11) is 0. The van der Waals surface area contributed by atoms with E-state index in [2.05, 4.69) is 20.3 Å². The molecule has 132 valence electrons. The lowest BCUT2D eigenvalue weighted by atomic mass is 10.2. The summed E-state index contributed by atoms with van der Waals surface area (Å²) >= 11 is 0. The molecule has 8 heteroatoms. The van der Waals surface area contributed by atoms with Crippen LogP contribution < -0.4 is 10.1 Å². The van der Waals surface area contributed by atoms with Crippen molar-refractivity contribution in [2.45, 2.75) is 19.8 Å². The van der Waals surface area contributed by atoms with Crippen LogP contribution in [-0.2, 0) is 11.3 Å². The number of alkyl halides is 3. The molecule has 0 atom stereocenters. The van der Waals surface area contributed by atoms with Gasteiger partial charge in [0.15, 0.2) is 0 Å². The van der Waals surface area contributed by atoms with Crippen LogP contribution in [0.5, 0.6) is 5.75 Å². The topological polar surface area (TPSA) is 63.0 Å². The summed E-state index contributed by atoms with van der Waals surface area (Å²) in [5, 5.41) is 10.4. The summed E-state index contributed by atoms with van der Waals surface area (Å²) in [6.07, 6.45) is -4.72. The number of hydrogen-bond acceptors (Lipinski definition) is 4. The van der Waals surface area contributed by atoms with Gasteiger partial charge in [0.2, 0.25) is 5.91 Å². The maximum Gasteiger partial charge on any atom is 0.573 e. The monoisotopic (exact) mass is 351 g/mol. The van der Waals surface area contributed by atoms with Crippen molar-refractivity contribution in [3.05, 3.63) is 59.7 Å². The third-order valence-corrected chi connectivity index (χ3v) is 3.15. The zero-order chi connectivity index (χ0) is 18.3. The van der Waals surface area contributed by atoms with Gasteiger partial charge < -0.3 is 10.1 Å². The molecule has 0 aliphatic rings. The van der Waals surface area contributed by atoms with E-state index in [0.717, 1.165) is 5.56 Å². The average molecular weight is 351 g/mol. The number of nitrogens with one attached hydrogen (secondary N) is 1. The van der Waals surface area contributed by atoms with Crippen molar-refractivity contribution in [3.63, 3.8) is 0 Å². The zero-order valence-corrected chi connectivity index (χ0v) is 13.4. The molecule has 0 saturated heterocycles. The number of halogens is 3. The Morgan fingerprint density at radius 2 is 1.80 bits per heavy atom. The van der Waals surface area contributed by atoms with Crippen molar-refractivity contribution < 1.29 is 22.7 Å². The Bertz CT molecular complexity index is 744. The number of amides is 1. The van der Waals surface area contributed by atoms with Crippen molar-refractivity contribution in [1.29, 1.82) is 0 Å². The highest BCUT2D eigenvalue weighted by atomic mass is 19.4. The van der Waals surface area contributed by atoms with Crippen LogP contribution in [0.25, 0.3) is 0 Å². The Kier molecular flexibility index (Phi) is 6.10. The lowest BCUT2D eigenvalue weighted by Crippen LogP contribution is -2.24. The molecular formula is C17H16F3N3O2. The third-order valence-electron chi connectivity index (χ3n) is 3.15. The number of benzene rings is 2. The molecule has 2 aromatic rings. The number of aryl methyl sites for hydroxylation is 1. The molecule has 0 unspecified atom stereocenters. The quantitative estimate of drug-likeness (QED) is 0.789. The molecule has 1 N–H and O–H groups in total. The summed E-state index contributed by atoms with van der Waals surface area (Å²) < 4.78 is 40.0. The molecule has 2 rings (SSSR count). The fourth-order valence-electron chi connectivity index (χ4n) is 1.92. The van der Waals surface area contributed by atoms with E-state index < -0.39 is 6.36 Å². The molecule has 25 heavy (non-hydrogen) atoms. The number of nitrogens with zero attached hydrogens (tertiary/aromatic N) is 2. The van der Waals surface area contributed by atoms with Gasteiger partial charge in [-0.2, -0.15) is 10.2 Å². The van der Waals surface area contributed by atoms with Gasteiger partial charge in [-0.25, -0.2) is 0 Å². The van der Waals surface area contributed by atoms with Crippen molar-refractivity contribution in [3.8, 4) is 5.75 Å². The van der Waals surface area contributed by atoms with Crippen LogP contribution in [0, 0.1) is 6.92 Å². The molecule has 0 bridgehead atoms. The molecule has 1 amide bonds. The van der Waals surface area contributed by atoms with Crippen LogP contribution in [0.4, 0.5) is 18.9 Å². The minimum absolute atomic E-state index is 0.135. The van der Waals surface area contributed by atoms with E-state index in [-0.39, 0.29) is 24.7 Å². The number of ether oxygens (including phenoxy) is 1. The standard InChI is InChI=1S/C17H16F3N3O2/c1-12-4-2-3-5-15(12)23-22-11-16(24)21-10-13-6-8-14(9-7-13)25-17(18,19)20/h2-9H,10-11H2,1H3,(H,21,24). The lowest BCUT2D eigenvalue weighted by Gasteiger charge is -2.09. The van der Waals surface area contributed by atoms with Gasteiger partial charge in [0.05, 0.1) is 5.69 Å². The number of hydrogen-bond donors (Lipinski definition) is 1. The van der Waals surface area contributed by atoms with Crippen molar-refractivity contribution >= 4 is 11.6 Å². The SMILES string of the molecule is Cc1ccccc1N=NCC(=O)NCc1ccc(OC(F)(F)F)cc1. The van der Waals surface area contributed by atoms with Gasteiger partial charge in [0, 0.05) is 6.54 Å². The number of carbonyl (C=O) groups is 1. The van der Waals surface area contributed by atoms with Crippen LogP contribution in [0.1, 0.15) is 11.1 Å². The smallest absolute Gasteiger partial charge is 0.406 e. The zero-order valence-electron chi connectivity index (χ0n) is 13.4. The highest BCUT2D eigenvalue weighted by molar-refractivity contribution is 5.78. The molecule has 0 radical (unpaired) electrons. The van der Waals surface area contributed by atoms with E-state index in [1.165, 1.54) is 24.3 Å². The molecule has 0 spiro atoms. The maximum absolute atomic E-state index is 12.1. The first-order valence-electron chi connectivity index (χ1n) is 7.38. The van der Waals surface area contributed by atoms with Gasteiger partial charge >= 0.3 is 6.36 Å². The number of rotatable bonds is 6. The second kappa shape index (κ2) is 8.27. The first-order chi connectivity index (χ1) is 11.8. The molecule has 2 aromatic carbocycles. The molecule has 0 saturated carbocycles. The molecule has 0 aromatic heterocycles. The summed E-state index contributed by atoms with van der Waals surface area (Å²) in [5.74, 6) is -0.650. The molecule has 0 fully saturated rings. The lowest BCUT2D eigenvalue weighted by molar-refractivity contribution is -0.274. The summed E-state index contributed by atoms with van der Waals surface area (Å²) in [6, 6.07) is 12.6. The maximum atomic E-state index is 12.1. The number of azo groups is 1. The predicted molar refractivity (Wildman–Crippen MR) is 85.5 cm³/mol. The molecule has 0 heterocycles. The molecular weight excluding hydrogens is 335 g/mol. The Morgan fingerprint density at radius 1 is 1.12 bits per heavy atom. The van der Waals surface area contributed by atoms with Crippen LogP contribution in [-0.4, -0.2) is 18.8 Å². The van der Waals surface area contributed by atoms with Crippen molar-refractivity contribution in [2.75, 3.05) is 6.54 Å². The second-order valence-corrected chi connectivity index (χ2v) is 5.15. The second-order valence-electron chi connectivity index (χ2n) is 5.15. The van der Waals surface area contributed by atoms with Crippen LogP contribution in [0.3, 0.4) is 0 Å². The Labute approximate surface area is 142 Å². The van der Waals surface area contributed by atoms with Crippen molar-refractivity contribution in [1.82, 2.24) is 5.32 Å².